The van der Waals surface area contributed by atoms with Crippen molar-refractivity contribution < 1.29 is 22.9 Å². The lowest BCUT2D eigenvalue weighted by molar-refractivity contribution is 0.379. The van der Waals surface area contributed by atoms with E-state index in [0.29, 0.717) is 11.1 Å². The number of para-hydroxylation sites is 1. The maximum absolute atomic E-state index is 12.3. The van der Waals surface area contributed by atoms with Crippen LogP contribution in [0.15, 0.2) is 53.5 Å². The second kappa shape index (κ2) is 7.32. The van der Waals surface area contributed by atoms with Crippen LogP contribution >= 0.6 is 0 Å². The second-order valence-corrected chi connectivity index (χ2v) is 7.31. The van der Waals surface area contributed by atoms with Crippen molar-refractivity contribution in [2.24, 2.45) is 0 Å². The smallest absolute Gasteiger partial charge is 0.464 e. The van der Waals surface area contributed by atoms with Crippen LogP contribution in [-0.4, -0.2) is 41.5 Å². The Morgan fingerprint density at radius 1 is 1.24 bits per heavy atom. The first-order chi connectivity index (χ1) is 11.9. The molecular weight excluding hydrogens is 345 g/mol. The molecule has 0 unspecified atom stereocenters. The van der Waals surface area contributed by atoms with E-state index < -0.39 is 28.8 Å². The van der Waals surface area contributed by atoms with Gasteiger partial charge in [0.1, 0.15) is 11.3 Å². The van der Waals surface area contributed by atoms with Crippen LogP contribution in [0.25, 0.3) is 11.0 Å². The number of hydrogen-bond acceptors (Lipinski definition) is 7. The summed E-state index contributed by atoms with van der Waals surface area (Å²) in [5, 5.41) is 20.0. The third kappa shape index (κ3) is 4.43. The Kier molecular flexibility index (Phi) is 5.14. The van der Waals surface area contributed by atoms with Crippen molar-refractivity contribution >= 4 is 28.1 Å². The minimum atomic E-state index is -3.84. The summed E-state index contributed by atoms with van der Waals surface area (Å²) in [7, 11) is -5.71. The zero-order valence-corrected chi connectivity index (χ0v) is 13.9. The van der Waals surface area contributed by atoms with Crippen LogP contribution in [0.5, 0.6) is 0 Å². The van der Waals surface area contributed by atoms with Crippen molar-refractivity contribution in [1.82, 2.24) is 14.7 Å². The Morgan fingerprint density at radius 2 is 2.04 bits per heavy atom. The molecule has 0 spiro atoms. The number of sulfonamides is 1. The van der Waals surface area contributed by atoms with Gasteiger partial charge in [0.15, 0.2) is 0 Å². The quantitative estimate of drug-likeness (QED) is 0.516. The van der Waals surface area contributed by atoms with Crippen LogP contribution in [0, 0.1) is 0 Å². The van der Waals surface area contributed by atoms with Gasteiger partial charge in [0.2, 0.25) is 10.0 Å². The molecule has 3 rings (SSSR count). The largest absolute Gasteiger partial charge is 0.471 e. The van der Waals surface area contributed by atoms with Gasteiger partial charge in [0.05, 0.1) is 17.9 Å². The third-order valence-corrected chi connectivity index (χ3v) is 4.98. The molecule has 0 bridgehead atoms. The second-order valence-electron chi connectivity index (χ2n) is 5.56. The molecule has 0 saturated heterocycles. The summed E-state index contributed by atoms with van der Waals surface area (Å²) in [6, 6.07) is 7.24. The van der Waals surface area contributed by atoms with E-state index in [-0.39, 0.29) is 12.1 Å². The van der Waals surface area contributed by atoms with Gasteiger partial charge >= 0.3 is 7.12 Å². The summed E-state index contributed by atoms with van der Waals surface area (Å²) in [5.41, 5.74) is 1.58. The first-order valence-corrected chi connectivity index (χ1v) is 9.16. The molecule has 0 fully saturated rings. The van der Waals surface area contributed by atoms with Crippen molar-refractivity contribution in [2.75, 3.05) is 0 Å². The van der Waals surface area contributed by atoms with Crippen LogP contribution in [0.1, 0.15) is 11.3 Å². The van der Waals surface area contributed by atoms with Crippen molar-refractivity contribution in [2.45, 2.75) is 18.1 Å². The van der Waals surface area contributed by atoms with Gasteiger partial charge in [0, 0.05) is 24.0 Å². The summed E-state index contributed by atoms with van der Waals surface area (Å²) in [5.74, 6) is -1.53. The third-order valence-electron chi connectivity index (χ3n) is 3.65. The van der Waals surface area contributed by atoms with E-state index in [1.165, 1.54) is 24.9 Å². The molecule has 130 valence electrons. The van der Waals surface area contributed by atoms with Crippen molar-refractivity contribution in [1.29, 1.82) is 0 Å². The molecule has 0 amide bonds. The molecule has 8 nitrogen and oxygen atoms in total. The molecule has 2 heterocycles. The normalized spacial score (nSPS) is 13.0. The van der Waals surface area contributed by atoms with Crippen molar-refractivity contribution in [3.8, 4) is 0 Å². The average Bonchev–Trinajstić information content (AvgIpc) is 2.98. The number of nitrogens with one attached hydrogen (secondary N) is 1. The van der Waals surface area contributed by atoms with Gasteiger partial charge in [-0.05, 0) is 18.1 Å². The van der Waals surface area contributed by atoms with Crippen LogP contribution in [0.3, 0.4) is 0 Å². The number of rotatable bonds is 7. The van der Waals surface area contributed by atoms with Crippen LogP contribution < -0.4 is 4.72 Å². The number of furan rings is 1. The Morgan fingerprint density at radius 3 is 2.76 bits per heavy atom. The zero-order valence-electron chi connectivity index (χ0n) is 13.1. The highest BCUT2D eigenvalue weighted by molar-refractivity contribution is 7.88. The van der Waals surface area contributed by atoms with Crippen molar-refractivity contribution in [3.05, 3.63) is 60.4 Å². The number of hydrogen-bond donors (Lipinski definition) is 3. The molecule has 0 saturated carbocycles. The van der Waals surface area contributed by atoms with Gasteiger partial charge in [-0.3, -0.25) is 9.97 Å². The molecule has 2 aromatic heterocycles. The highest BCUT2D eigenvalue weighted by Crippen LogP contribution is 2.22. The van der Waals surface area contributed by atoms with Gasteiger partial charge in [-0.1, -0.05) is 18.2 Å². The highest BCUT2D eigenvalue weighted by atomic mass is 32.2. The Labute approximate surface area is 144 Å². The fraction of sp³-hybridized carbons (Fsp3) is 0.200. The van der Waals surface area contributed by atoms with E-state index >= 15 is 0 Å². The Bertz CT molecular complexity index is 946. The van der Waals surface area contributed by atoms with Crippen LogP contribution in [0.4, 0.5) is 0 Å². The zero-order chi connectivity index (χ0) is 17.9. The van der Waals surface area contributed by atoms with E-state index in [1.807, 2.05) is 18.2 Å². The van der Waals surface area contributed by atoms with Crippen LogP contribution in [0.2, 0.25) is 0 Å². The number of benzene rings is 1. The minimum Gasteiger partial charge on any atom is -0.464 e. The van der Waals surface area contributed by atoms with E-state index in [1.54, 1.807) is 6.07 Å². The van der Waals surface area contributed by atoms with E-state index in [2.05, 4.69) is 14.7 Å². The molecule has 3 N–H and O–H groups in total. The van der Waals surface area contributed by atoms with Crippen molar-refractivity contribution in [3.63, 3.8) is 0 Å². The minimum absolute atomic E-state index is 0.0639. The predicted molar refractivity (Wildman–Crippen MR) is 91.7 cm³/mol. The molecule has 0 aliphatic carbocycles. The molecule has 0 aliphatic heterocycles. The fourth-order valence-corrected chi connectivity index (χ4v) is 3.80. The number of aromatic nitrogens is 2. The van der Waals surface area contributed by atoms with Crippen LogP contribution in [-0.2, 0) is 22.2 Å². The van der Waals surface area contributed by atoms with E-state index in [4.69, 9.17) is 4.42 Å². The Balaban J connectivity index is 1.77. The number of fused-ring (bicyclic) bond motifs is 1. The Hall–Kier alpha value is -2.27. The SMILES string of the molecule is O=S(=O)(Cc1cnccn1)N[C@@H](Cc1coc2ccccc12)B(O)O. The van der Waals surface area contributed by atoms with E-state index in [0.717, 1.165) is 5.39 Å². The van der Waals surface area contributed by atoms with E-state index in [9.17, 15) is 18.5 Å². The molecule has 25 heavy (non-hydrogen) atoms. The topological polar surface area (TPSA) is 126 Å². The summed E-state index contributed by atoms with van der Waals surface area (Å²) >= 11 is 0. The summed E-state index contributed by atoms with van der Waals surface area (Å²) in [6.45, 7) is 0. The molecule has 1 aromatic carbocycles. The maximum atomic E-state index is 12.3. The summed E-state index contributed by atoms with van der Waals surface area (Å²) in [4.78, 5) is 7.72. The molecule has 3 aromatic rings. The number of nitrogens with zero attached hydrogens (tertiary/aromatic N) is 2. The highest BCUT2D eigenvalue weighted by Gasteiger charge is 2.29. The van der Waals surface area contributed by atoms with Gasteiger partial charge in [-0.25, -0.2) is 13.1 Å². The summed E-state index contributed by atoms with van der Waals surface area (Å²) < 4.78 is 32.3. The molecule has 0 aliphatic rings. The van der Waals surface area contributed by atoms with Gasteiger partial charge in [-0.2, -0.15) is 0 Å². The van der Waals surface area contributed by atoms with Gasteiger partial charge in [0.25, 0.3) is 0 Å². The standard InChI is InChI=1S/C15H16BN3O5S/c20-16(21)15(7-11-9-24-14-4-2-1-3-13(11)14)19-25(22,23)10-12-8-17-5-6-18-12/h1-6,8-9,15,19-21H,7,10H2/t15-/m0/s1. The first-order valence-electron chi connectivity index (χ1n) is 7.51. The lowest BCUT2D eigenvalue weighted by Crippen LogP contribution is -2.48. The predicted octanol–water partition coefficient (Wildman–Crippen LogP) is 0.265. The average molecular weight is 361 g/mol. The summed E-state index contributed by atoms with van der Waals surface area (Å²) in [6.07, 6.45) is 5.72. The molecule has 10 heteroatoms. The first kappa shape index (κ1) is 17.6. The fourth-order valence-electron chi connectivity index (χ4n) is 2.51. The lowest BCUT2D eigenvalue weighted by atomic mass is 9.77. The maximum Gasteiger partial charge on any atom is 0.471 e. The molecule has 0 radical (unpaired) electrons. The monoisotopic (exact) mass is 361 g/mol. The lowest BCUT2D eigenvalue weighted by Gasteiger charge is -2.17. The van der Waals surface area contributed by atoms with Gasteiger partial charge in [-0.15, -0.1) is 0 Å². The molecular formula is C15H16BN3O5S. The molecule has 1 atom stereocenters. The van der Waals surface area contributed by atoms with Gasteiger partial charge < -0.3 is 14.5 Å².